The maximum absolute atomic E-state index is 12.9. The van der Waals surface area contributed by atoms with Crippen LogP contribution in [0.5, 0.6) is 0 Å². The fourth-order valence-corrected chi connectivity index (χ4v) is 5.82. The SMILES string of the molecule is CC(C)(C)OC(=O)N1CCC12CCCN(c1c(C#N)cnc3c1ccn3COCC[Si](C)(C)C)C2. The van der Waals surface area contributed by atoms with Crippen LogP contribution in [-0.4, -0.2) is 66.0 Å². The Morgan fingerprint density at radius 3 is 2.66 bits per heavy atom. The molecule has 35 heavy (non-hydrogen) atoms. The molecule has 0 N–H and O–H groups in total. The highest BCUT2D eigenvalue weighted by Crippen LogP contribution is 2.42. The molecule has 0 bridgehead atoms. The average molecular weight is 498 g/mol. The monoisotopic (exact) mass is 497 g/mol. The van der Waals surface area contributed by atoms with Gasteiger partial charge in [-0.3, -0.25) is 0 Å². The molecule has 0 radical (unpaired) electrons. The Morgan fingerprint density at radius 2 is 2.03 bits per heavy atom. The molecule has 8 nitrogen and oxygen atoms in total. The summed E-state index contributed by atoms with van der Waals surface area (Å²) < 4.78 is 13.7. The van der Waals surface area contributed by atoms with Crippen LogP contribution < -0.4 is 4.90 Å². The summed E-state index contributed by atoms with van der Waals surface area (Å²) in [5, 5.41) is 10.9. The molecule has 0 aromatic carbocycles. The van der Waals surface area contributed by atoms with Crippen LogP contribution in [0.4, 0.5) is 10.5 Å². The third-order valence-corrected chi connectivity index (χ3v) is 8.67. The molecule has 2 aliphatic heterocycles. The first-order chi connectivity index (χ1) is 16.4. The third kappa shape index (κ3) is 5.49. The van der Waals surface area contributed by atoms with E-state index >= 15 is 0 Å². The summed E-state index contributed by atoms with van der Waals surface area (Å²) in [7, 11) is -1.15. The van der Waals surface area contributed by atoms with Crippen molar-refractivity contribution in [1.29, 1.82) is 5.26 Å². The molecule has 1 unspecified atom stereocenters. The highest BCUT2D eigenvalue weighted by Gasteiger charge is 2.51. The van der Waals surface area contributed by atoms with Gasteiger partial charge in [-0.1, -0.05) is 19.6 Å². The standard InChI is InChI=1S/C26H39N5O3Si/c1-25(2,3)34-24(32)31-13-10-26(31)9-7-11-29(18-26)22-20(16-27)17-28-23-21(22)8-12-30(23)19-33-14-15-35(4,5)6/h8,12,17H,7,9-11,13-15,18-19H2,1-6H3. The fraction of sp³-hybridized carbons (Fsp3) is 0.654. The van der Waals surface area contributed by atoms with E-state index in [0.717, 1.165) is 55.2 Å². The number of rotatable bonds is 6. The largest absolute Gasteiger partial charge is 0.444 e. The van der Waals surface area contributed by atoms with E-state index in [1.807, 2.05) is 42.5 Å². The number of carbonyl (C=O) groups is 1. The van der Waals surface area contributed by atoms with Gasteiger partial charge in [0.1, 0.15) is 24.0 Å². The molecule has 190 valence electrons. The maximum Gasteiger partial charge on any atom is 0.410 e. The second kappa shape index (κ2) is 9.47. The van der Waals surface area contributed by atoms with Crippen LogP contribution in [0.25, 0.3) is 11.0 Å². The Labute approximate surface area is 209 Å². The van der Waals surface area contributed by atoms with E-state index in [1.165, 1.54) is 0 Å². The molecule has 2 aliphatic rings. The zero-order valence-electron chi connectivity index (χ0n) is 22.1. The second-order valence-electron chi connectivity index (χ2n) is 12.1. The van der Waals surface area contributed by atoms with Gasteiger partial charge in [-0.15, -0.1) is 0 Å². The van der Waals surface area contributed by atoms with E-state index in [1.54, 1.807) is 6.20 Å². The Hall–Kier alpha value is -2.57. The van der Waals surface area contributed by atoms with Gasteiger partial charge < -0.3 is 23.8 Å². The van der Waals surface area contributed by atoms with Crippen molar-refractivity contribution >= 4 is 30.9 Å². The number of hydrogen-bond donors (Lipinski definition) is 0. The molecule has 2 aromatic rings. The van der Waals surface area contributed by atoms with Crippen molar-refractivity contribution in [2.45, 2.75) is 83.6 Å². The van der Waals surface area contributed by atoms with Gasteiger partial charge in [0.15, 0.2) is 0 Å². The molecular weight excluding hydrogens is 458 g/mol. The summed E-state index contributed by atoms with van der Waals surface area (Å²) in [5.41, 5.74) is 1.53. The van der Waals surface area contributed by atoms with E-state index in [2.05, 4.69) is 35.6 Å². The summed E-state index contributed by atoms with van der Waals surface area (Å²) in [6, 6.07) is 5.50. The molecule has 1 atom stereocenters. The Balaban J connectivity index is 1.56. The quantitative estimate of drug-likeness (QED) is 0.403. The van der Waals surface area contributed by atoms with Crippen LogP contribution in [0.1, 0.15) is 45.6 Å². The Morgan fingerprint density at radius 1 is 1.26 bits per heavy atom. The van der Waals surface area contributed by atoms with Gasteiger partial charge in [-0.2, -0.15) is 5.26 Å². The van der Waals surface area contributed by atoms with Crippen molar-refractivity contribution in [2.24, 2.45) is 0 Å². The van der Waals surface area contributed by atoms with E-state index in [-0.39, 0.29) is 11.6 Å². The molecule has 0 aliphatic carbocycles. The number of likely N-dealkylation sites (tertiary alicyclic amines) is 1. The van der Waals surface area contributed by atoms with Gasteiger partial charge in [-0.05, 0) is 52.1 Å². The van der Waals surface area contributed by atoms with Gasteiger partial charge in [0.25, 0.3) is 0 Å². The minimum absolute atomic E-state index is 0.243. The van der Waals surface area contributed by atoms with Crippen LogP contribution in [-0.2, 0) is 16.2 Å². The highest BCUT2D eigenvalue weighted by molar-refractivity contribution is 6.76. The first-order valence-corrected chi connectivity index (χ1v) is 16.3. The minimum Gasteiger partial charge on any atom is -0.444 e. The van der Waals surface area contributed by atoms with Crippen LogP contribution >= 0.6 is 0 Å². The number of piperidine rings is 1. The number of aromatic nitrogens is 2. The van der Waals surface area contributed by atoms with Gasteiger partial charge in [0.2, 0.25) is 0 Å². The molecule has 0 saturated carbocycles. The lowest BCUT2D eigenvalue weighted by atomic mass is 9.77. The normalized spacial score (nSPS) is 20.7. The first-order valence-electron chi connectivity index (χ1n) is 12.6. The molecule has 1 amide bonds. The summed E-state index contributed by atoms with van der Waals surface area (Å²) >= 11 is 0. The molecule has 1 spiro atoms. The number of nitriles is 1. The average Bonchev–Trinajstić information content (AvgIpc) is 3.16. The third-order valence-electron chi connectivity index (χ3n) is 6.97. The number of fused-ring (bicyclic) bond motifs is 1. The molecule has 2 saturated heterocycles. The number of pyridine rings is 1. The van der Waals surface area contributed by atoms with Gasteiger partial charge >= 0.3 is 6.09 Å². The summed E-state index contributed by atoms with van der Waals surface area (Å²) in [5.74, 6) is 0. The smallest absolute Gasteiger partial charge is 0.410 e. The highest BCUT2D eigenvalue weighted by atomic mass is 28.3. The predicted octanol–water partition coefficient (Wildman–Crippen LogP) is 5.20. The van der Waals surface area contributed by atoms with E-state index < -0.39 is 13.7 Å². The molecular formula is C26H39N5O3Si. The van der Waals surface area contributed by atoms with Crippen molar-refractivity contribution in [3.8, 4) is 6.07 Å². The van der Waals surface area contributed by atoms with Crippen molar-refractivity contribution in [3.05, 3.63) is 24.0 Å². The zero-order valence-corrected chi connectivity index (χ0v) is 23.1. The van der Waals surface area contributed by atoms with E-state index in [9.17, 15) is 10.1 Å². The fourth-order valence-electron chi connectivity index (χ4n) is 5.06. The summed E-state index contributed by atoms with van der Waals surface area (Å²) in [6.07, 6.45) is 6.27. The number of carbonyl (C=O) groups excluding carboxylic acids is 1. The first kappa shape index (κ1) is 25.5. The van der Waals surface area contributed by atoms with Crippen molar-refractivity contribution in [2.75, 3.05) is 31.1 Å². The molecule has 9 heteroatoms. The predicted molar refractivity (Wildman–Crippen MR) is 140 cm³/mol. The molecule has 2 aromatic heterocycles. The lowest BCUT2D eigenvalue weighted by Gasteiger charge is -2.57. The lowest BCUT2D eigenvalue weighted by Crippen LogP contribution is -2.69. The second-order valence-corrected chi connectivity index (χ2v) is 17.8. The summed E-state index contributed by atoms with van der Waals surface area (Å²) in [4.78, 5) is 21.7. The van der Waals surface area contributed by atoms with E-state index in [4.69, 9.17) is 9.47 Å². The van der Waals surface area contributed by atoms with Crippen LogP contribution in [0.15, 0.2) is 18.5 Å². The number of amides is 1. The number of nitrogens with zero attached hydrogens (tertiary/aromatic N) is 5. The number of ether oxygens (including phenoxy) is 2. The van der Waals surface area contributed by atoms with Crippen molar-refractivity contribution in [3.63, 3.8) is 0 Å². The minimum atomic E-state index is -1.15. The van der Waals surface area contributed by atoms with Gasteiger partial charge in [0, 0.05) is 52.1 Å². The number of hydrogen-bond acceptors (Lipinski definition) is 6. The van der Waals surface area contributed by atoms with Gasteiger partial charge in [-0.25, -0.2) is 9.78 Å². The molecule has 4 rings (SSSR count). The topological polar surface area (TPSA) is 83.6 Å². The van der Waals surface area contributed by atoms with Crippen LogP contribution in [0.2, 0.25) is 25.7 Å². The maximum atomic E-state index is 12.9. The molecule has 2 fully saturated rings. The van der Waals surface area contributed by atoms with Gasteiger partial charge in [0.05, 0.1) is 16.8 Å². The van der Waals surface area contributed by atoms with Crippen molar-refractivity contribution < 1.29 is 14.3 Å². The zero-order chi connectivity index (χ0) is 25.4. The van der Waals surface area contributed by atoms with Crippen molar-refractivity contribution in [1.82, 2.24) is 14.5 Å². The van der Waals surface area contributed by atoms with Crippen LogP contribution in [0, 0.1) is 11.3 Å². The Bertz CT molecular complexity index is 1130. The van der Waals surface area contributed by atoms with Crippen LogP contribution in [0.3, 0.4) is 0 Å². The summed E-state index contributed by atoms with van der Waals surface area (Å²) in [6.45, 7) is 16.2. The number of anilines is 1. The Kier molecular flexibility index (Phi) is 6.90. The lowest BCUT2D eigenvalue weighted by molar-refractivity contribution is -0.0495. The van der Waals surface area contributed by atoms with E-state index in [0.29, 0.717) is 25.4 Å². The molecule has 4 heterocycles.